The number of carboxylic acid groups (broad SMARTS) is 1. The number of aromatic nitrogens is 1. The van der Waals surface area contributed by atoms with Gasteiger partial charge < -0.3 is 20.5 Å². The maximum Gasteiger partial charge on any atom is 0.408 e. The Morgan fingerprint density at radius 3 is 2.24 bits per heavy atom. The fourth-order valence-corrected chi connectivity index (χ4v) is 4.52. The van der Waals surface area contributed by atoms with Crippen molar-refractivity contribution in [2.75, 3.05) is 6.61 Å². The summed E-state index contributed by atoms with van der Waals surface area (Å²) >= 11 is 1.14. The number of thiazole rings is 1. The van der Waals surface area contributed by atoms with Crippen molar-refractivity contribution in [2.45, 2.75) is 31.8 Å². The number of carbonyl (C=O) groups excluding carboxylic acids is 2. The van der Waals surface area contributed by atoms with Gasteiger partial charge in [0, 0.05) is 11.3 Å². The molecule has 0 atom stereocenters. The van der Waals surface area contributed by atoms with Gasteiger partial charge in [0.2, 0.25) is 5.91 Å². The second-order valence-corrected chi connectivity index (χ2v) is 9.13. The predicted octanol–water partition coefficient (Wildman–Crippen LogP) is 3.77. The molecule has 0 unspecified atom stereocenters. The molecule has 4 rings (SSSR count). The molecule has 0 saturated carbocycles. The lowest BCUT2D eigenvalue weighted by atomic mass is 9.98. The molecule has 0 saturated heterocycles. The quantitative estimate of drug-likeness (QED) is 0.489. The number of nitrogens with zero attached hydrogens (tertiary/aromatic N) is 1. The molecule has 1 heterocycles. The summed E-state index contributed by atoms with van der Waals surface area (Å²) in [7, 11) is 0. The molecule has 0 fully saturated rings. The minimum atomic E-state index is -1.24. The molecule has 8 nitrogen and oxygen atoms in total. The molecular weight excluding hydrogens is 442 g/mol. The maximum atomic E-state index is 12.6. The minimum Gasteiger partial charge on any atom is -0.476 e. The van der Waals surface area contributed by atoms with E-state index in [2.05, 4.69) is 27.8 Å². The van der Waals surface area contributed by atoms with Gasteiger partial charge in [0.05, 0.1) is 6.54 Å². The Morgan fingerprint density at radius 1 is 1.06 bits per heavy atom. The monoisotopic (exact) mass is 465 g/mol. The van der Waals surface area contributed by atoms with E-state index in [-0.39, 0.29) is 24.8 Å². The van der Waals surface area contributed by atoms with Gasteiger partial charge in [0.15, 0.2) is 5.69 Å². The molecule has 9 heteroatoms. The zero-order valence-electron chi connectivity index (χ0n) is 18.1. The molecule has 2 aromatic carbocycles. The lowest BCUT2D eigenvalue weighted by Crippen LogP contribution is -2.54. The van der Waals surface area contributed by atoms with Gasteiger partial charge in [-0.25, -0.2) is 14.6 Å². The van der Waals surface area contributed by atoms with Crippen LogP contribution in [0.4, 0.5) is 4.79 Å². The van der Waals surface area contributed by atoms with Gasteiger partial charge in [-0.1, -0.05) is 48.5 Å². The number of aromatic carboxylic acids is 1. The van der Waals surface area contributed by atoms with Crippen molar-refractivity contribution < 1.29 is 24.2 Å². The number of carbonyl (C=O) groups is 3. The molecule has 3 N–H and O–H groups in total. The van der Waals surface area contributed by atoms with E-state index in [1.165, 1.54) is 5.38 Å². The fourth-order valence-electron chi connectivity index (χ4n) is 3.81. The number of hydrogen-bond donors (Lipinski definition) is 3. The summed E-state index contributed by atoms with van der Waals surface area (Å²) in [6.45, 7) is 3.34. The number of nitrogens with one attached hydrogen (secondary N) is 2. The standard InChI is InChI=1S/C24H23N3O5S/c1-24(2,22(30)25-11-20-26-19(13-33-20)21(28)29)27-23(31)32-12-18-16-9-5-3-7-14(16)15-8-4-6-10-17(15)18/h3-10,13,18H,11-12H2,1-2H3,(H,25,30)(H,27,31)(H,28,29). The van der Waals surface area contributed by atoms with Crippen LogP contribution in [0, 0.1) is 0 Å². The van der Waals surface area contributed by atoms with Gasteiger partial charge in [-0.05, 0) is 36.1 Å². The molecule has 0 radical (unpaired) electrons. The van der Waals surface area contributed by atoms with E-state index in [0.717, 1.165) is 33.6 Å². The summed E-state index contributed by atoms with van der Waals surface area (Å²) in [6.07, 6.45) is -0.695. The molecule has 33 heavy (non-hydrogen) atoms. The number of ether oxygens (including phenoxy) is 1. The number of carboxylic acids is 1. The molecule has 1 aliphatic rings. The van der Waals surface area contributed by atoms with Crippen LogP contribution in [0.2, 0.25) is 0 Å². The highest BCUT2D eigenvalue weighted by atomic mass is 32.1. The van der Waals surface area contributed by atoms with E-state index in [0.29, 0.717) is 5.01 Å². The van der Waals surface area contributed by atoms with Crippen LogP contribution >= 0.6 is 11.3 Å². The first-order valence-electron chi connectivity index (χ1n) is 10.4. The van der Waals surface area contributed by atoms with Gasteiger partial charge in [-0.3, -0.25) is 4.79 Å². The van der Waals surface area contributed by atoms with Crippen molar-refractivity contribution in [1.29, 1.82) is 0 Å². The molecule has 0 bridgehead atoms. The van der Waals surface area contributed by atoms with Crippen LogP contribution in [0.5, 0.6) is 0 Å². The first-order valence-corrected chi connectivity index (χ1v) is 11.2. The molecule has 0 spiro atoms. The van der Waals surface area contributed by atoms with Crippen LogP contribution in [-0.4, -0.2) is 40.2 Å². The second kappa shape index (κ2) is 9.03. The van der Waals surface area contributed by atoms with Crippen molar-refractivity contribution in [3.05, 3.63) is 75.7 Å². The molecule has 1 aromatic heterocycles. The number of amides is 2. The maximum absolute atomic E-state index is 12.6. The largest absolute Gasteiger partial charge is 0.476 e. The Kier molecular flexibility index (Phi) is 6.15. The van der Waals surface area contributed by atoms with Crippen LogP contribution < -0.4 is 10.6 Å². The van der Waals surface area contributed by atoms with Crippen molar-refractivity contribution in [1.82, 2.24) is 15.6 Å². The zero-order valence-corrected chi connectivity index (χ0v) is 18.9. The van der Waals surface area contributed by atoms with Crippen molar-refractivity contribution in [3.63, 3.8) is 0 Å². The SMILES string of the molecule is CC(C)(NC(=O)OCC1c2ccccc2-c2ccccc21)C(=O)NCc1nc(C(=O)O)cs1. The zero-order chi connectivity index (χ0) is 23.6. The summed E-state index contributed by atoms with van der Waals surface area (Å²) in [5.74, 6) is -1.64. The average Bonchev–Trinajstić information content (AvgIpc) is 3.39. The molecular formula is C24H23N3O5S. The second-order valence-electron chi connectivity index (χ2n) is 8.19. The van der Waals surface area contributed by atoms with E-state index < -0.39 is 23.5 Å². The highest BCUT2D eigenvalue weighted by Gasteiger charge is 2.32. The highest BCUT2D eigenvalue weighted by Crippen LogP contribution is 2.44. The molecule has 1 aliphatic carbocycles. The summed E-state index contributed by atoms with van der Waals surface area (Å²) < 4.78 is 5.51. The van der Waals surface area contributed by atoms with E-state index in [9.17, 15) is 14.4 Å². The summed E-state index contributed by atoms with van der Waals surface area (Å²) in [4.78, 5) is 39.9. The van der Waals surface area contributed by atoms with Gasteiger partial charge in [-0.2, -0.15) is 0 Å². The molecule has 3 aromatic rings. The first-order chi connectivity index (χ1) is 15.8. The van der Waals surface area contributed by atoms with Crippen molar-refractivity contribution >= 4 is 29.3 Å². The summed E-state index contributed by atoms with van der Waals surface area (Å²) in [5, 5.41) is 16.1. The Labute approximate surface area is 194 Å². The van der Waals surface area contributed by atoms with Gasteiger partial charge in [0.1, 0.15) is 17.2 Å². The number of benzene rings is 2. The van der Waals surface area contributed by atoms with Gasteiger partial charge >= 0.3 is 12.1 Å². The van der Waals surface area contributed by atoms with Crippen LogP contribution in [0.1, 0.15) is 46.4 Å². The van der Waals surface area contributed by atoms with E-state index in [4.69, 9.17) is 9.84 Å². The third-order valence-electron chi connectivity index (χ3n) is 5.50. The van der Waals surface area contributed by atoms with E-state index in [1.807, 2.05) is 36.4 Å². The highest BCUT2D eigenvalue weighted by molar-refractivity contribution is 7.09. The number of alkyl carbamates (subject to hydrolysis) is 1. The lowest BCUT2D eigenvalue weighted by Gasteiger charge is -2.25. The third-order valence-corrected chi connectivity index (χ3v) is 6.35. The lowest BCUT2D eigenvalue weighted by molar-refractivity contribution is -0.126. The van der Waals surface area contributed by atoms with E-state index in [1.54, 1.807) is 13.8 Å². The van der Waals surface area contributed by atoms with Gasteiger partial charge in [-0.15, -0.1) is 11.3 Å². The predicted molar refractivity (Wildman–Crippen MR) is 123 cm³/mol. The van der Waals surface area contributed by atoms with Gasteiger partial charge in [0.25, 0.3) is 0 Å². The smallest absolute Gasteiger partial charge is 0.408 e. The van der Waals surface area contributed by atoms with Crippen molar-refractivity contribution in [2.24, 2.45) is 0 Å². The van der Waals surface area contributed by atoms with Crippen LogP contribution in [0.25, 0.3) is 11.1 Å². The number of rotatable bonds is 7. The van der Waals surface area contributed by atoms with Crippen LogP contribution in [0.3, 0.4) is 0 Å². The summed E-state index contributed by atoms with van der Waals surface area (Å²) in [5.41, 5.74) is 3.17. The van der Waals surface area contributed by atoms with E-state index >= 15 is 0 Å². The first kappa shape index (κ1) is 22.5. The Balaban J connectivity index is 1.34. The molecule has 170 valence electrons. The number of hydrogen-bond acceptors (Lipinski definition) is 6. The Morgan fingerprint density at radius 2 is 1.67 bits per heavy atom. The molecule has 0 aliphatic heterocycles. The van der Waals surface area contributed by atoms with Crippen LogP contribution in [0.15, 0.2) is 53.9 Å². The van der Waals surface area contributed by atoms with Crippen LogP contribution in [-0.2, 0) is 16.1 Å². The summed E-state index contributed by atoms with van der Waals surface area (Å²) in [6, 6.07) is 16.1. The van der Waals surface area contributed by atoms with Crippen molar-refractivity contribution in [3.8, 4) is 11.1 Å². The Hall–Kier alpha value is -3.72. The fraction of sp³-hybridized carbons (Fsp3) is 0.250. The Bertz CT molecular complexity index is 1170. The average molecular weight is 466 g/mol. The minimum absolute atomic E-state index is 0.0621. The topological polar surface area (TPSA) is 118 Å². The number of fused-ring (bicyclic) bond motifs is 3. The molecule has 2 amide bonds. The normalized spacial score (nSPS) is 12.5. The third kappa shape index (κ3) is 4.73.